The summed E-state index contributed by atoms with van der Waals surface area (Å²) in [6.45, 7) is -0.253. The Hall–Kier alpha value is -3.51. The Morgan fingerprint density at radius 3 is 2.55 bits per heavy atom. The molecule has 7 heteroatoms. The lowest BCUT2D eigenvalue weighted by Gasteiger charge is -2.09. The minimum Gasteiger partial charge on any atom is -0.484 e. The number of carbonyl (C=O) groups excluding carboxylic acids is 1. The summed E-state index contributed by atoms with van der Waals surface area (Å²) in [5.41, 5.74) is 3.32. The second-order valence-electron chi connectivity index (χ2n) is 6.23. The van der Waals surface area contributed by atoms with Crippen LogP contribution in [0.25, 0.3) is 22.3 Å². The largest absolute Gasteiger partial charge is 0.484 e. The molecule has 29 heavy (non-hydrogen) atoms. The first-order valence-corrected chi connectivity index (χ1v) is 9.16. The van der Waals surface area contributed by atoms with Crippen LogP contribution in [0.1, 0.15) is 0 Å². The molecular weight excluding hydrogens is 393 g/mol. The lowest BCUT2D eigenvalue weighted by molar-refractivity contribution is -0.118. The second kappa shape index (κ2) is 8.24. The topological polar surface area (TPSA) is 64.1 Å². The van der Waals surface area contributed by atoms with Crippen LogP contribution in [0, 0.1) is 5.82 Å². The van der Waals surface area contributed by atoms with Crippen molar-refractivity contribution in [2.75, 3.05) is 11.9 Å². The van der Waals surface area contributed by atoms with Gasteiger partial charge in [-0.1, -0.05) is 23.7 Å². The molecule has 0 radical (unpaired) electrons. The first-order chi connectivity index (χ1) is 14.1. The van der Waals surface area contributed by atoms with E-state index in [1.807, 2.05) is 36.4 Å². The SMILES string of the molecule is O=C(COc1ccc(-c2cnc3ccccc3n2)cc1)Nc1ccc(Cl)cc1F. The van der Waals surface area contributed by atoms with E-state index in [1.165, 1.54) is 12.1 Å². The Morgan fingerprint density at radius 1 is 1.03 bits per heavy atom. The second-order valence-corrected chi connectivity index (χ2v) is 6.67. The number of anilines is 1. The van der Waals surface area contributed by atoms with Crippen LogP contribution < -0.4 is 10.1 Å². The van der Waals surface area contributed by atoms with Gasteiger partial charge in [-0.15, -0.1) is 0 Å². The van der Waals surface area contributed by atoms with Crippen molar-refractivity contribution in [3.05, 3.63) is 83.8 Å². The monoisotopic (exact) mass is 407 g/mol. The van der Waals surface area contributed by atoms with E-state index in [1.54, 1.807) is 18.3 Å². The molecule has 0 unspecified atom stereocenters. The highest BCUT2D eigenvalue weighted by molar-refractivity contribution is 6.30. The zero-order chi connectivity index (χ0) is 20.2. The molecule has 0 bridgehead atoms. The van der Waals surface area contributed by atoms with Gasteiger partial charge in [-0.05, 0) is 54.6 Å². The molecule has 0 spiro atoms. The first-order valence-electron chi connectivity index (χ1n) is 8.78. The maximum atomic E-state index is 13.7. The van der Waals surface area contributed by atoms with Gasteiger partial charge in [0, 0.05) is 10.6 Å². The van der Waals surface area contributed by atoms with Gasteiger partial charge in [-0.2, -0.15) is 0 Å². The van der Waals surface area contributed by atoms with Crippen molar-refractivity contribution in [1.82, 2.24) is 9.97 Å². The van der Waals surface area contributed by atoms with Crippen molar-refractivity contribution in [2.24, 2.45) is 0 Å². The number of amides is 1. The molecule has 0 aliphatic carbocycles. The van der Waals surface area contributed by atoms with Crippen LogP contribution in [-0.4, -0.2) is 22.5 Å². The van der Waals surface area contributed by atoms with Crippen LogP contribution in [0.2, 0.25) is 5.02 Å². The van der Waals surface area contributed by atoms with Crippen LogP contribution in [-0.2, 0) is 4.79 Å². The molecule has 5 nitrogen and oxygen atoms in total. The highest BCUT2D eigenvalue weighted by Gasteiger charge is 2.09. The summed E-state index contributed by atoms with van der Waals surface area (Å²) in [6.07, 6.45) is 1.71. The molecular formula is C22H15ClFN3O2. The van der Waals surface area contributed by atoms with E-state index in [0.717, 1.165) is 28.4 Å². The highest BCUT2D eigenvalue weighted by Crippen LogP contribution is 2.22. The van der Waals surface area contributed by atoms with E-state index < -0.39 is 11.7 Å². The maximum Gasteiger partial charge on any atom is 0.262 e. The van der Waals surface area contributed by atoms with Crippen molar-refractivity contribution in [2.45, 2.75) is 0 Å². The summed E-state index contributed by atoms with van der Waals surface area (Å²) < 4.78 is 19.2. The fraction of sp³-hybridized carbons (Fsp3) is 0.0455. The summed E-state index contributed by atoms with van der Waals surface area (Å²) >= 11 is 5.69. The average Bonchev–Trinajstić information content (AvgIpc) is 2.74. The van der Waals surface area contributed by atoms with E-state index in [9.17, 15) is 9.18 Å². The quantitative estimate of drug-likeness (QED) is 0.499. The molecule has 0 saturated heterocycles. The Labute approximate surface area is 171 Å². The highest BCUT2D eigenvalue weighted by atomic mass is 35.5. The predicted octanol–water partition coefficient (Wildman–Crippen LogP) is 5.11. The van der Waals surface area contributed by atoms with E-state index in [2.05, 4.69) is 15.3 Å². The van der Waals surface area contributed by atoms with Crippen molar-refractivity contribution >= 4 is 34.2 Å². The molecule has 4 aromatic rings. The van der Waals surface area contributed by atoms with Gasteiger partial charge in [0.15, 0.2) is 6.61 Å². The summed E-state index contributed by atoms with van der Waals surface area (Å²) in [4.78, 5) is 21.0. The number of nitrogens with one attached hydrogen (secondary N) is 1. The van der Waals surface area contributed by atoms with Gasteiger partial charge in [0.05, 0.1) is 28.6 Å². The Bertz CT molecular complexity index is 1180. The Balaban J connectivity index is 1.39. The third-order valence-corrected chi connectivity index (χ3v) is 4.41. The maximum absolute atomic E-state index is 13.7. The molecule has 0 aliphatic heterocycles. The van der Waals surface area contributed by atoms with Gasteiger partial charge in [0.1, 0.15) is 11.6 Å². The smallest absolute Gasteiger partial charge is 0.262 e. The van der Waals surface area contributed by atoms with Crippen LogP contribution in [0.4, 0.5) is 10.1 Å². The number of halogens is 2. The molecule has 0 atom stereocenters. The van der Waals surface area contributed by atoms with Crippen molar-refractivity contribution < 1.29 is 13.9 Å². The lowest BCUT2D eigenvalue weighted by Crippen LogP contribution is -2.20. The molecule has 1 heterocycles. The fourth-order valence-corrected chi connectivity index (χ4v) is 2.90. The van der Waals surface area contributed by atoms with Gasteiger partial charge < -0.3 is 10.1 Å². The molecule has 0 saturated carbocycles. The lowest BCUT2D eigenvalue weighted by atomic mass is 10.1. The molecule has 1 N–H and O–H groups in total. The van der Waals surface area contributed by atoms with Crippen LogP contribution in [0.5, 0.6) is 5.75 Å². The molecule has 1 aromatic heterocycles. The van der Waals surface area contributed by atoms with Crippen molar-refractivity contribution in [1.29, 1.82) is 0 Å². The number of fused-ring (bicyclic) bond motifs is 1. The minimum atomic E-state index is -0.605. The first kappa shape index (κ1) is 18.8. The van der Waals surface area contributed by atoms with Gasteiger partial charge in [0.2, 0.25) is 0 Å². The van der Waals surface area contributed by atoms with Crippen molar-refractivity contribution in [3.8, 4) is 17.0 Å². The summed E-state index contributed by atoms with van der Waals surface area (Å²) in [7, 11) is 0. The van der Waals surface area contributed by atoms with Gasteiger partial charge in [-0.3, -0.25) is 9.78 Å². The number of carbonyl (C=O) groups is 1. The number of rotatable bonds is 5. The van der Waals surface area contributed by atoms with Gasteiger partial charge in [0.25, 0.3) is 5.91 Å². The standard InChI is InChI=1S/C22H15ClFN3O2/c23-15-7-10-18(17(24)11-15)27-22(28)13-29-16-8-5-14(6-9-16)21-12-25-19-3-1-2-4-20(19)26-21/h1-12H,13H2,(H,27,28). The van der Waals surface area contributed by atoms with Crippen molar-refractivity contribution in [3.63, 3.8) is 0 Å². The number of benzene rings is 3. The predicted molar refractivity (Wildman–Crippen MR) is 111 cm³/mol. The number of para-hydroxylation sites is 2. The zero-order valence-corrected chi connectivity index (χ0v) is 15.9. The summed E-state index contributed by atoms with van der Waals surface area (Å²) in [5, 5.41) is 2.70. The molecule has 4 rings (SSSR count). The summed E-state index contributed by atoms with van der Waals surface area (Å²) in [6, 6.07) is 18.8. The van der Waals surface area contributed by atoms with E-state index in [4.69, 9.17) is 16.3 Å². The van der Waals surface area contributed by atoms with E-state index >= 15 is 0 Å². The van der Waals surface area contributed by atoms with Crippen LogP contribution in [0.15, 0.2) is 72.9 Å². The van der Waals surface area contributed by atoms with Gasteiger partial charge >= 0.3 is 0 Å². The molecule has 0 aliphatic rings. The molecule has 0 fully saturated rings. The molecule has 144 valence electrons. The van der Waals surface area contributed by atoms with E-state index in [0.29, 0.717) is 5.75 Å². The summed E-state index contributed by atoms with van der Waals surface area (Å²) in [5.74, 6) is -0.573. The third-order valence-electron chi connectivity index (χ3n) is 4.17. The average molecular weight is 408 g/mol. The minimum absolute atomic E-state index is 0.0493. The number of aromatic nitrogens is 2. The Kier molecular flexibility index (Phi) is 5.35. The number of hydrogen-bond donors (Lipinski definition) is 1. The molecule has 1 amide bonds. The van der Waals surface area contributed by atoms with Crippen LogP contribution in [0.3, 0.4) is 0 Å². The van der Waals surface area contributed by atoms with Crippen LogP contribution >= 0.6 is 11.6 Å². The number of ether oxygens (including phenoxy) is 1. The normalized spacial score (nSPS) is 10.7. The third kappa shape index (κ3) is 4.50. The number of nitrogens with zero attached hydrogens (tertiary/aromatic N) is 2. The zero-order valence-electron chi connectivity index (χ0n) is 15.1. The van der Waals surface area contributed by atoms with E-state index in [-0.39, 0.29) is 17.3 Å². The Morgan fingerprint density at radius 2 is 1.79 bits per heavy atom. The molecule has 3 aromatic carbocycles. The number of hydrogen-bond acceptors (Lipinski definition) is 4. The fourth-order valence-electron chi connectivity index (χ4n) is 2.74. The van der Waals surface area contributed by atoms with Gasteiger partial charge in [-0.25, -0.2) is 9.37 Å².